The highest BCUT2D eigenvalue weighted by Gasteiger charge is 2.50. The molecular formula is C52H85N7O15. The van der Waals surface area contributed by atoms with Crippen LogP contribution in [0, 0.1) is 5.92 Å². The number of benzene rings is 1. The number of phenols is 1. The summed E-state index contributed by atoms with van der Waals surface area (Å²) in [5.41, 5.74) is 0.382. The SMILES string of the molecule is CCCCCCCCCCCCCCCCCC(=O)N[C@H]1C[C@@H](O)[C@@H](O)NC(=O)[C@@H]2[C@H](O)[C@@H](C)CN2C(=O)[C@H]([C@@H](C)O)NC(=O)[C@H]([C@H](O)Cc2ccc(O)cc2)NC(=O)[C@@H]2C[C@@H](O)CN2C(=O)[C@H]([C@@H](C)O)NC1=O. The number of aromatic hydroxyl groups is 1. The van der Waals surface area contributed by atoms with Crippen molar-refractivity contribution in [1.29, 1.82) is 0 Å². The summed E-state index contributed by atoms with van der Waals surface area (Å²) in [6, 6.07) is -5.23. The number of hydrogen-bond donors (Lipinski definition) is 13. The van der Waals surface area contributed by atoms with Crippen molar-refractivity contribution in [3.63, 3.8) is 0 Å². The third kappa shape index (κ3) is 18.4. The van der Waals surface area contributed by atoms with Crippen LogP contribution in [-0.4, -0.2) is 184 Å². The molecule has 4 rings (SSSR count). The molecular weight excluding hydrogens is 963 g/mol. The molecule has 0 saturated carbocycles. The molecule has 13 N–H and O–H groups in total. The van der Waals surface area contributed by atoms with Crippen molar-refractivity contribution in [3.8, 4) is 5.75 Å². The predicted octanol–water partition coefficient (Wildman–Crippen LogP) is -0.373. The van der Waals surface area contributed by atoms with Gasteiger partial charge in [-0.2, -0.15) is 0 Å². The Morgan fingerprint density at radius 1 is 0.635 bits per heavy atom. The number of carbonyl (C=O) groups excluding carboxylic acids is 7. The zero-order valence-corrected chi connectivity index (χ0v) is 43.6. The minimum Gasteiger partial charge on any atom is -0.508 e. The Bertz CT molecular complexity index is 1980. The van der Waals surface area contributed by atoms with Crippen LogP contribution >= 0.6 is 0 Å². The summed E-state index contributed by atoms with van der Waals surface area (Å²) >= 11 is 0. The number of hydrogen-bond acceptors (Lipinski definition) is 15. The first-order chi connectivity index (χ1) is 35.1. The van der Waals surface area contributed by atoms with Crippen molar-refractivity contribution < 1.29 is 74.4 Å². The van der Waals surface area contributed by atoms with E-state index in [0.29, 0.717) is 12.0 Å². The number of fused-ring (bicyclic) bond motifs is 2. The standard InChI is InChI=1S/C52H85N7O15/c1-5-6-7-8-9-10-11-12-13-14-15-16-17-18-19-20-40(66)53-36-27-39(65)48(70)57-50(72)44-45(67)30(2)28-59(44)52(74)42(32(4)61)55-49(71)43(38(64)25-33-21-23-34(62)24-22-33)56-47(69)37-26-35(63)29-58(37)51(73)41(31(3)60)54-46(36)68/h21-24,30-32,35-39,41-45,48,60-65,67,70H,5-20,25-29H2,1-4H3,(H,53,66)(H,54,68)(H,55,71)(H,56,69)(H,57,72)/t30-,31+,32+,35+,36-,37-,38+,39+,41-,42-,43-,44-,45+,48+/m0/s1. The first-order valence-electron chi connectivity index (χ1n) is 26.8. The maximum Gasteiger partial charge on any atom is 0.248 e. The molecule has 0 spiro atoms. The van der Waals surface area contributed by atoms with E-state index in [4.69, 9.17) is 0 Å². The van der Waals surface area contributed by atoms with Crippen molar-refractivity contribution in [2.45, 2.75) is 229 Å². The lowest BCUT2D eigenvalue weighted by Crippen LogP contribution is -2.64. The van der Waals surface area contributed by atoms with E-state index in [-0.39, 0.29) is 25.1 Å². The van der Waals surface area contributed by atoms with Crippen LogP contribution in [0.3, 0.4) is 0 Å². The summed E-state index contributed by atoms with van der Waals surface area (Å²) in [6.45, 7) is 5.23. The van der Waals surface area contributed by atoms with Gasteiger partial charge in [0.15, 0.2) is 6.23 Å². The van der Waals surface area contributed by atoms with Gasteiger partial charge < -0.3 is 77.2 Å². The Hall–Kier alpha value is -4.97. The number of unbranched alkanes of at least 4 members (excludes halogenated alkanes) is 14. The van der Waals surface area contributed by atoms with Crippen LogP contribution in [0.15, 0.2) is 24.3 Å². The van der Waals surface area contributed by atoms with Gasteiger partial charge in [0, 0.05) is 44.7 Å². The second-order valence-corrected chi connectivity index (χ2v) is 20.8. The van der Waals surface area contributed by atoms with Gasteiger partial charge in [-0.3, -0.25) is 33.6 Å². The van der Waals surface area contributed by atoms with E-state index in [0.717, 1.165) is 55.8 Å². The Kier molecular flexibility index (Phi) is 25.4. The van der Waals surface area contributed by atoms with E-state index in [1.165, 1.54) is 89.0 Å². The molecule has 1 aromatic carbocycles. The largest absolute Gasteiger partial charge is 0.508 e. The molecule has 0 aliphatic carbocycles. The molecule has 3 aliphatic heterocycles. The number of aliphatic hydroxyl groups excluding tert-OH is 7. The topological polar surface area (TPSA) is 348 Å². The molecule has 14 atom stereocenters. The fourth-order valence-electron chi connectivity index (χ4n) is 9.92. The molecule has 1 aromatic rings. The zero-order valence-electron chi connectivity index (χ0n) is 43.6. The van der Waals surface area contributed by atoms with E-state index in [9.17, 15) is 74.4 Å². The van der Waals surface area contributed by atoms with E-state index < -0.39 is 146 Å². The summed E-state index contributed by atoms with van der Waals surface area (Å²) in [4.78, 5) is 100. The smallest absolute Gasteiger partial charge is 0.248 e. The predicted molar refractivity (Wildman–Crippen MR) is 270 cm³/mol. The number of amides is 7. The quantitative estimate of drug-likeness (QED) is 0.0659. The van der Waals surface area contributed by atoms with E-state index >= 15 is 0 Å². The fraction of sp³-hybridized carbons (Fsp3) is 0.750. The average Bonchev–Trinajstić information content (AvgIpc) is 3.89. The number of carbonyl (C=O) groups is 7. The third-order valence-electron chi connectivity index (χ3n) is 14.4. The van der Waals surface area contributed by atoms with Crippen LogP contribution < -0.4 is 26.6 Å². The van der Waals surface area contributed by atoms with Crippen LogP contribution in [-0.2, 0) is 40.0 Å². The van der Waals surface area contributed by atoms with Crippen LogP contribution in [0.1, 0.15) is 149 Å². The van der Waals surface area contributed by atoms with Crippen molar-refractivity contribution in [2.24, 2.45) is 5.92 Å². The molecule has 3 heterocycles. The van der Waals surface area contributed by atoms with Crippen LogP contribution in [0.2, 0.25) is 0 Å². The lowest BCUT2D eigenvalue weighted by molar-refractivity contribution is -0.148. The number of phenolic OH excluding ortho intramolecular Hbond substituents is 1. The Morgan fingerprint density at radius 2 is 1.14 bits per heavy atom. The third-order valence-corrected chi connectivity index (χ3v) is 14.4. The molecule has 0 radical (unpaired) electrons. The fourth-order valence-corrected chi connectivity index (χ4v) is 9.92. The summed E-state index contributed by atoms with van der Waals surface area (Å²) in [6.07, 6.45) is 2.79. The highest BCUT2D eigenvalue weighted by atomic mass is 16.3. The molecule has 0 unspecified atom stereocenters. The molecule has 418 valence electrons. The molecule has 74 heavy (non-hydrogen) atoms. The monoisotopic (exact) mass is 1050 g/mol. The summed E-state index contributed by atoms with van der Waals surface area (Å²) in [7, 11) is 0. The second kappa shape index (κ2) is 30.5. The number of aliphatic hydroxyl groups is 7. The van der Waals surface area contributed by atoms with Gasteiger partial charge in [-0.05, 0) is 38.0 Å². The molecule has 0 aromatic heterocycles. The van der Waals surface area contributed by atoms with Gasteiger partial charge >= 0.3 is 0 Å². The minimum absolute atomic E-state index is 0.0320. The summed E-state index contributed by atoms with van der Waals surface area (Å²) in [5.74, 6) is -8.29. The van der Waals surface area contributed by atoms with Gasteiger partial charge in [0.25, 0.3) is 0 Å². The normalized spacial score (nSPS) is 29.0. The number of rotatable bonds is 22. The van der Waals surface area contributed by atoms with Crippen molar-refractivity contribution >= 4 is 41.4 Å². The minimum atomic E-state index is -2.19. The first kappa shape index (κ1) is 61.6. The van der Waals surface area contributed by atoms with Crippen LogP contribution in [0.25, 0.3) is 0 Å². The molecule has 22 heteroatoms. The Labute approximate surface area is 434 Å². The lowest BCUT2D eigenvalue weighted by atomic mass is 9.99. The van der Waals surface area contributed by atoms with Gasteiger partial charge in [-0.25, -0.2) is 0 Å². The Morgan fingerprint density at radius 3 is 1.68 bits per heavy atom. The van der Waals surface area contributed by atoms with Gasteiger partial charge in [0.05, 0.1) is 30.5 Å². The van der Waals surface area contributed by atoms with Gasteiger partial charge in [0.2, 0.25) is 41.4 Å². The molecule has 3 saturated heterocycles. The first-order valence-corrected chi connectivity index (χ1v) is 26.8. The van der Waals surface area contributed by atoms with E-state index in [2.05, 4.69) is 33.5 Å². The summed E-state index contributed by atoms with van der Waals surface area (Å²) < 4.78 is 0. The Balaban J connectivity index is 1.58. The summed E-state index contributed by atoms with van der Waals surface area (Å²) in [5, 5.41) is 99.5. The lowest BCUT2D eigenvalue weighted by Gasteiger charge is -2.33. The van der Waals surface area contributed by atoms with E-state index in [1.54, 1.807) is 0 Å². The van der Waals surface area contributed by atoms with E-state index in [1.807, 2.05) is 0 Å². The van der Waals surface area contributed by atoms with Gasteiger partial charge in [-0.15, -0.1) is 0 Å². The second-order valence-electron chi connectivity index (χ2n) is 20.8. The molecule has 0 bridgehead atoms. The highest BCUT2D eigenvalue weighted by Crippen LogP contribution is 2.27. The molecule has 22 nitrogen and oxygen atoms in total. The number of nitrogens with one attached hydrogen (secondary N) is 5. The van der Waals surface area contributed by atoms with Crippen molar-refractivity contribution in [2.75, 3.05) is 13.1 Å². The zero-order chi connectivity index (χ0) is 54.6. The molecule has 3 aliphatic rings. The molecule has 3 fully saturated rings. The van der Waals surface area contributed by atoms with Crippen molar-refractivity contribution in [3.05, 3.63) is 29.8 Å². The maximum atomic E-state index is 14.3. The van der Waals surface area contributed by atoms with Gasteiger partial charge in [0.1, 0.15) is 48.1 Å². The van der Waals surface area contributed by atoms with Crippen LogP contribution in [0.4, 0.5) is 0 Å². The average molecular weight is 1050 g/mol. The maximum absolute atomic E-state index is 14.3. The molecule has 7 amide bonds. The van der Waals surface area contributed by atoms with Crippen LogP contribution in [0.5, 0.6) is 5.75 Å². The van der Waals surface area contributed by atoms with Crippen molar-refractivity contribution in [1.82, 2.24) is 36.4 Å². The highest BCUT2D eigenvalue weighted by molar-refractivity contribution is 5.98. The number of nitrogens with zero attached hydrogens (tertiary/aromatic N) is 2. The van der Waals surface area contributed by atoms with Gasteiger partial charge in [-0.1, -0.05) is 116 Å².